The minimum absolute atomic E-state index is 0.476. The molecule has 1 aliphatic heterocycles. The van der Waals surface area contributed by atoms with Gasteiger partial charge in [-0.05, 0) is 40.9 Å². The highest BCUT2D eigenvalue weighted by atomic mass is 79.9. The van der Waals surface area contributed by atoms with Crippen molar-refractivity contribution in [3.63, 3.8) is 0 Å². The molecule has 1 aliphatic rings. The molecule has 0 aromatic heterocycles. The van der Waals surface area contributed by atoms with Crippen LogP contribution in [0.5, 0.6) is 0 Å². The quantitative estimate of drug-likeness (QED) is 0.874. The summed E-state index contributed by atoms with van der Waals surface area (Å²) >= 11 is 3.50. The Labute approximate surface area is 109 Å². The summed E-state index contributed by atoms with van der Waals surface area (Å²) in [4.78, 5) is 13.2. The number of rotatable bonds is 2. The van der Waals surface area contributed by atoms with Crippen LogP contribution in [0.2, 0.25) is 0 Å². The van der Waals surface area contributed by atoms with Crippen LogP contribution in [0.25, 0.3) is 0 Å². The molecule has 1 aromatic rings. The fraction of sp³-hybridized carbons (Fsp3) is 0.417. The standard InChI is InChI=1S/C12H15BrN2O2/c13-9-3-1-2-4-10(9)15-7-5-12(14,6-8-15)11(16)17/h1-4H,5-8,14H2,(H,16,17). The number of halogens is 1. The Hall–Kier alpha value is -1.07. The molecule has 3 N–H and O–H groups in total. The lowest BCUT2D eigenvalue weighted by molar-refractivity contribution is -0.144. The monoisotopic (exact) mass is 298 g/mol. The third kappa shape index (κ3) is 2.45. The van der Waals surface area contributed by atoms with Gasteiger partial charge in [-0.15, -0.1) is 0 Å². The van der Waals surface area contributed by atoms with E-state index in [1.165, 1.54) is 0 Å². The van der Waals surface area contributed by atoms with Gasteiger partial charge in [0.25, 0.3) is 0 Å². The summed E-state index contributed by atoms with van der Waals surface area (Å²) < 4.78 is 1.03. The maximum absolute atomic E-state index is 11.0. The van der Waals surface area contributed by atoms with Crippen molar-refractivity contribution in [2.24, 2.45) is 5.73 Å². The largest absolute Gasteiger partial charge is 0.480 e. The second-order valence-corrected chi connectivity index (χ2v) is 5.25. The van der Waals surface area contributed by atoms with Gasteiger partial charge in [-0.1, -0.05) is 12.1 Å². The Kier molecular flexibility index (Phi) is 3.40. The van der Waals surface area contributed by atoms with E-state index in [4.69, 9.17) is 10.8 Å². The lowest BCUT2D eigenvalue weighted by atomic mass is 9.88. The number of hydrogen-bond acceptors (Lipinski definition) is 3. The van der Waals surface area contributed by atoms with E-state index in [2.05, 4.69) is 20.8 Å². The smallest absolute Gasteiger partial charge is 0.323 e. The van der Waals surface area contributed by atoms with Crippen LogP contribution in [0.1, 0.15) is 12.8 Å². The molecule has 4 nitrogen and oxygen atoms in total. The Morgan fingerprint density at radius 1 is 1.35 bits per heavy atom. The molecule has 0 bridgehead atoms. The van der Waals surface area contributed by atoms with Crippen molar-refractivity contribution in [1.29, 1.82) is 0 Å². The van der Waals surface area contributed by atoms with Crippen LogP contribution in [0.15, 0.2) is 28.7 Å². The number of benzene rings is 1. The normalized spacial score (nSPS) is 19.1. The lowest BCUT2D eigenvalue weighted by Crippen LogP contribution is -2.55. The number of para-hydroxylation sites is 1. The van der Waals surface area contributed by atoms with E-state index in [9.17, 15) is 4.79 Å². The van der Waals surface area contributed by atoms with Gasteiger partial charge in [-0.3, -0.25) is 4.79 Å². The predicted molar refractivity (Wildman–Crippen MR) is 70.1 cm³/mol. The van der Waals surface area contributed by atoms with Crippen molar-refractivity contribution >= 4 is 27.6 Å². The van der Waals surface area contributed by atoms with E-state index in [-0.39, 0.29) is 0 Å². The van der Waals surface area contributed by atoms with Gasteiger partial charge in [0, 0.05) is 17.6 Å². The summed E-state index contributed by atoms with van der Waals surface area (Å²) in [5.41, 5.74) is 5.88. The summed E-state index contributed by atoms with van der Waals surface area (Å²) in [7, 11) is 0. The third-order valence-corrected chi connectivity index (χ3v) is 3.95. The molecule has 5 heteroatoms. The summed E-state index contributed by atoms with van der Waals surface area (Å²) in [5.74, 6) is -0.899. The molecule has 0 saturated carbocycles. The van der Waals surface area contributed by atoms with Gasteiger partial charge in [-0.2, -0.15) is 0 Å². The van der Waals surface area contributed by atoms with Gasteiger partial charge in [0.05, 0.1) is 5.69 Å². The van der Waals surface area contributed by atoms with Crippen LogP contribution in [-0.4, -0.2) is 29.7 Å². The predicted octanol–water partition coefficient (Wildman–Crippen LogP) is 1.83. The zero-order chi connectivity index (χ0) is 12.5. The van der Waals surface area contributed by atoms with Gasteiger partial charge >= 0.3 is 5.97 Å². The number of nitrogens with two attached hydrogens (primary N) is 1. The van der Waals surface area contributed by atoms with Crippen molar-refractivity contribution < 1.29 is 9.90 Å². The van der Waals surface area contributed by atoms with Crippen LogP contribution in [-0.2, 0) is 4.79 Å². The van der Waals surface area contributed by atoms with E-state index >= 15 is 0 Å². The minimum Gasteiger partial charge on any atom is -0.480 e. The number of anilines is 1. The Morgan fingerprint density at radius 3 is 2.47 bits per heavy atom. The first-order valence-electron chi connectivity index (χ1n) is 5.55. The highest BCUT2D eigenvalue weighted by Crippen LogP contribution is 2.30. The minimum atomic E-state index is -1.06. The molecule has 1 saturated heterocycles. The average molecular weight is 299 g/mol. The topological polar surface area (TPSA) is 66.6 Å². The number of hydrogen-bond donors (Lipinski definition) is 2. The number of carboxylic acid groups (broad SMARTS) is 1. The number of carboxylic acids is 1. The van der Waals surface area contributed by atoms with E-state index in [0.29, 0.717) is 25.9 Å². The summed E-state index contributed by atoms with van der Waals surface area (Å²) in [6.07, 6.45) is 0.952. The molecule has 0 unspecified atom stereocenters. The fourth-order valence-electron chi connectivity index (χ4n) is 2.07. The summed E-state index contributed by atoms with van der Waals surface area (Å²) in [6, 6.07) is 7.94. The number of aliphatic carboxylic acids is 1. The maximum Gasteiger partial charge on any atom is 0.323 e. The Balaban J connectivity index is 2.10. The molecule has 17 heavy (non-hydrogen) atoms. The molecule has 1 aromatic carbocycles. The molecule has 2 rings (SSSR count). The van der Waals surface area contributed by atoms with Crippen LogP contribution in [0.4, 0.5) is 5.69 Å². The first kappa shape index (κ1) is 12.4. The molecule has 0 amide bonds. The Bertz CT molecular complexity index is 428. The molecular weight excluding hydrogens is 284 g/mol. The molecule has 0 atom stereocenters. The van der Waals surface area contributed by atoms with Gasteiger partial charge in [0.1, 0.15) is 5.54 Å². The number of piperidine rings is 1. The van der Waals surface area contributed by atoms with Gasteiger partial charge in [0.2, 0.25) is 0 Å². The molecule has 0 radical (unpaired) electrons. The van der Waals surface area contributed by atoms with Crippen molar-refractivity contribution in [2.75, 3.05) is 18.0 Å². The molecule has 92 valence electrons. The van der Waals surface area contributed by atoms with E-state index < -0.39 is 11.5 Å². The van der Waals surface area contributed by atoms with E-state index in [1.54, 1.807) is 0 Å². The van der Waals surface area contributed by atoms with Crippen LogP contribution in [0.3, 0.4) is 0 Å². The first-order chi connectivity index (χ1) is 8.03. The van der Waals surface area contributed by atoms with Crippen LogP contribution >= 0.6 is 15.9 Å². The average Bonchev–Trinajstić information content (AvgIpc) is 2.31. The van der Waals surface area contributed by atoms with Crippen molar-refractivity contribution in [1.82, 2.24) is 0 Å². The molecule has 1 heterocycles. The first-order valence-corrected chi connectivity index (χ1v) is 6.34. The van der Waals surface area contributed by atoms with Crippen molar-refractivity contribution in [3.05, 3.63) is 28.7 Å². The zero-order valence-corrected chi connectivity index (χ0v) is 11.0. The van der Waals surface area contributed by atoms with E-state index in [0.717, 1.165) is 10.2 Å². The summed E-state index contributed by atoms with van der Waals surface area (Å²) in [6.45, 7) is 1.34. The number of carbonyl (C=O) groups is 1. The van der Waals surface area contributed by atoms with Crippen LogP contribution < -0.4 is 10.6 Å². The molecule has 0 spiro atoms. The Morgan fingerprint density at radius 2 is 1.94 bits per heavy atom. The highest BCUT2D eigenvalue weighted by molar-refractivity contribution is 9.10. The summed E-state index contributed by atoms with van der Waals surface area (Å²) in [5, 5.41) is 9.06. The SMILES string of the molecule is NC1(C(=O)O)CCN(c2ccccc2Br)CC1. The molecule has 1 fully saturated rings. The molecule has 0 aliphatic carbocycles. The third-order valence-electron chi connectivity index (χ3n) is 3.27. The number of nitrogens with zero attached hydrogens (tertiary/aromatic N) is 1. The fourth-order valence-corrected chi connectivity index (χ4v) is 2.60. The lowest BCUT2D eigenvalue weighted by Gasteiger charge is -2.37. The van der Waals surface area contributed by atoms with Gasteiger partial charge in [-0.25, -0.2) is 0 Å². The molecular formula is C12H15BrN2O2. The van der Waals surface area contributed by atoms with E-state index in [1.807, 2.05) is 24.3 Å². The highest BCUT2D eigenvalue weighted by Gasteiger charge is 2.37. The van der Waals surface area contributed by atoms with Crippen LogP contribution in [0, 0.1) is 0 Å². The maximum atomic E-state index is 11.0. The second-order valence-electron chi connectivity index (χ2n) is 4.40. The van der Waals surface area contributed by atoms with Crippen molar-refractivity contribution in [3.8, 4) is 0 Å². The van der Waals surface area contributed by atoms with Gasteiger partial charge in [0.15, 0.2) is 0 Å². The van der Waals surface area contributed by atoms with Crippen molar-refractivity contribution in [2.45, 2.75) is 18.4 Å². The second kappa shape index (κ2) is 4.66. The van der Waals surface area contributed by atoms with Gasteiger partial charge < -0.3 is 15.7 Å². The zero-order valence-electron chi connectivity index (χ0n) is 9.40.